The third kappa shape index (κ3) is 3.21. The number of hydrogen-bond donors (Lipinski definition) is 3. The number of rotatable bonds is 4. The first kappa shape index (κ1) is 11.5. The smallest absolute Gasteiger partial charge is 0.236 e. The summed E-state index contributed by atoms with van der Waals surface area (Å²) in [6.07, 6.45) is 0. The molecule has 0 radical (unpaired) electrons. The van der Waals surface area contributed by atoms with Crippen LogP contribution in [0.15, 0.2) is 18.2 Å². The fourth-order valence-corrected chi connectivity index (χ4v) is 1.15. The Labute approximate surface area is 87.4 Å². The highest BCUT2D eigenvalue weighted by atomic mass is 19.1. The molecule has 0 aromatic heterocycles. The highest BCUT2D eigenvalue weighted by Crippen LogP contribution is 2.15. The summed E-state index contributed by atoms with van der Waals surface area (Å²) in [4.78, 5) is 10.7. The zero-order chi connectivity index (χ0) is 11.4. The van der Waals surface area contributed by atoms with E-state index in [0.717, 1.165) is 11.3 Å². The van der Waals surface area contributed by atoms with Crippen molar-refractivity contribution in [2.75, 3.05) is 11.9 Å². The summed E-state index contributed by atoms with van der Waals surface area (Å²) in [6, 6.07) is 3.59. The van der Waals surface area contributed by atoms with Gasteiger partial charge >= 0.3 is 0 Å². The summed E-state index contributed by atoms with van der Waals surface area (Å²) in [7, 11) is 0. The molecule has 5 heteroatoms. The molecular formula is C10H14FN3O. The third-order valence-corrected chi connectivity index (χ3v) is 2.07. The molecule has 0 aliphatic rings. The molecule has 5 N–H and O–H groups in total. The molecule has 82 valence electrons. The molecule has 1 aromatic rings. The van der Waals surface area contributed by atoms with E-state index in [1.165, 1.54) is 12.1 Å². The predicted molar refractivity (Wildman–Crippen MR) is 56.8 cm³/mol. The number of primary amides is 1. The van der Waals surface area contributed by atoms with Crippen LogP contribution in [0, 0.1) is 12.7 Å². The molecule has 0 saturated heterocycles. The maximum absolute atomic E-state index is 12.7. The van der Waals surface area contributed by atoms with E-state index in [2.05, 4.69) is 5.32 Å². The van der Waals surface area contributed by atoms with E-state index >= 15 is 0 Å². The Morgan fingerprint density at radius 2 is 2.27 bits per heavy atom. The molecule has 4 nitrogen and oxygen atoms in total. The molecule has 1 unspecified atom stereocenters. The molecule has 1 amide bonds. The molecule has 0 saturated carbocycles. The van der Waals surface area contributed by atoms with Gasteiger partial charge in [0.25, 0.3) is 0 Å². The van der Waals surface area contributed by atoms with Crippen LogP contribution in [0.1, 0.15) is 5.56 Å². The van der Waals surface area contributed by atoms with E-state index in [1.807, 2.05) is 0 Å². The van der Waals surface area contributed by atoms with Crippen molar-refractivity contribution in [3.05, 3.63) is 29.6 Å². The van der Waals surface area contributed by atoms with Gasteiger partial charge in [0.15, 0.2) is 0 Å². The van der Waals surface area contributed by atoms with Crippen LogP contribution in [0.3, 0.4) is 0 Å². The minimum atomic E-state index is -0.741. The fraction of sp³-hybridized carbons (Fsp3) is 0.300. The summed E-state index contributed by atoms with van der Waals surface area (Å²) >= 11 is 0. The van der Waals surface area contributed by atoms with E-state index in [0.29, 0.717) is 0 Å². The van der Waals surface area contributed by atoms with Crippen LogP contribution in [-0.2, 0) is 4.79 Å². The van der Waals surface area contributed by atoms with E-state index in [4.69, 9.17) is 11.5 Å². The summed E-state index contributed by atoms with van der Waals surface area (Å²) in [5.41, 5.74) is 11.9. The van der Waals surface area contributed by atoms with Gasteiger partial charge in [0.1, 0.15) is 11.9 Å². The molecule has 0 fully saturated rings. The second-order valence-corrected chi connectivity index (χ2v) is 3.35. The number of aryl methyl sites for hydroxylation is 1. The predicted octanol–water partition coefficient (Wildman–Crippen LogP) is 0.359. The van der Waals surface area contributed by atoms with Crippen LogP contribution in [-0.4, -0.2) is 18.5 Å². The average molecular weight is 211 g/mol. The molecule has 1 rings (SSSR count). The Kier molecular flexibility index (Phi) is 3.62. The van der Waals surface area contributed by atoms with Crippen molar-refractivity contribution in [3.63, 3.8) is 0 Å². The van der Waals surface area contributed by atoms with E-state index in [1.54, 1.807) is 13.0 Å². The van der Waals surface area contributed by atoms with Gasteiger partial charge < -0.3 is 16.8 Å². The van der Waals surface area contributed by atoms with Gasteiger partial charge in [0, 0.05) is 12.2 Å². The van der Waals surface area contributed by atoms with Gasteiger partial charge in [0.2, 0.25) is 5.91 Å². The Hall–Kier alpha value is -1.62. The molecule has 0 aliphatic carbocycles. The van der Waals surface area contributed by atoms with Crippen LogP contribution in [0.25, 0.3) is 0 Å². The largest absolute Gasteiger partial charge is 0.383 e. The summed E-state index contributed by atoms with van der Waals surface area (Å²) in [5, 5.41) is 2.93. The van der Waals surface area contributed by atoms with Crippen LogP contribution in [0.2, 0.25) is 0 Å². The number of halogens is 1. The van der Waals surface area contributed by atoms with Crippen LogP contribution in [0.5, 0.6) is 0 Å². The normalized spacial score (nSPS) is 12.2. The Morgan fingerprint density at radius 3 is 2.80 bits per heavy atom. The highest BCUT2D eigenvalue weighted by molar-refractivity contribution is 5.80. The summed E-state index contributed by atoms with van der Waals surface area (Å²) in [5.74, 6) is -0.862. The first-order chi connectivity index (χ1) is 7.00. The van der Waals surface area contributed by atoms with Crippen LogP contribution in [0.4, 0.5) is 10.1 Å². The van der Waals surface area contributed by atoms with E-state index in [9.17, 15) is 9.18 Å². The molecule has 0 spiro atoms. The topological polar surface area (TPSA) is 81.1 Å². The number of carbonyl (C=O) groups excluding carboxylic acids is 1. The van der Waals surface area contributed by atoms with Crippen molar-refractivity contribution >= 4 is 11.6 Å². The molecule has 0 aliphatic heterocycles. The summed E-state index contributed by atoms with van der Waals surface area (Å²) in [6.45, 7) is 2.00. The maximum atomic E-state index is 12.7. The number of amides is 1. The van der Waals surface area contributed by atoms with E-state index in [-0.39, 0.29) is 12.4 Å². The lowest BCUT2D eigenvalue weighted by atomic mass is 10.2. The van der Waals surface area contributed by atoms with Gasteiger partial charge in [-0.15, -0.1) is 0 Å². The Morgan fingerprint density at radius 1 is 1.60 bits per heavy atom. The third-order valence-electron chi connectivity index (χ3n) is 2.07. The highest BCUT2D eigenvalue weighted by Gasteiger charge is 2.08. The van der Waals surface area contributed by atoms with Gasteiger partial charge in [0.05, 0.1) is 0 Å². The maximum Gasteiger partial charge on any atom is 0.236 e. The van der Waals surface area contributed by atoms with Gasteiger partial charge in [-0.1, -0.05) is 0 Å². The molecule has 0 bridgehead atoms. The van der Waals surface area contributed by atoms with Gasteiger partial charge in [-0.25, -0.2) is 4.39 Å². The second-order valence-electron chi connectivity index (χ2n) is 3.35. The lowest BCUT2D eigenvalue weighted by molar-refractivity contribution is -0.118. The quantitative estimate of drug-likeness (QED) is 0.672. The molecule has 1 aromatic carbocycles. The number of nitrogens with two attached hydrogens (primary N) is 2. The zero-order valence-corrected chi connectivity index (χ0v) is 8.46. The lowest BCUT2D eigenvalue weighted by Crippen LogP contribution is -2.41. The number of carbonyl (C=O) groups is 1. The van der Waals surface area contributed by atoms with Gasteiger partial charge in [-0.2, -0.15) is 0 Å². The van der Waals surface area contributed by atoms with Gasteiger partial charge in [-0.05, 0) is 30.7 Å². The number of hydrogen-bond acceptors (Lipinski definition) is 3. The van der Waals surface area contributed by atoms with Crippen LogP contribution >= 0.6 is 0 Å². The molecule has 0 heterocycles. The van der Waals surface area contributed by atoms with Crippen molar-refractivity contribution in [2.24, 2.45) is 11.5 Å². The molecular weight excluding hydrogens is 197 g/mol. The van der Waals surface area contributed by atoms with Crippen molar-refractivity contribution in [3.8, 4) is 0 Å². The number of anilines is 1. The number of benzene rings is 1. The minimum absolute atomic E-state index is 0.238. The minimum Gasteiger partial charge on any atom is -0.383 e. The van der Waals surface area contributed by atoms with Crippen molar-refractivity contribution in [1.29, 1.82) is 0 Å². The van der Waals surface area contributed by atoms with Crippen molar-refractivity contribution in [1.82, 2.24) is 0 Å². The molecule has 1 atom stereocenters. The number of nitrogens with one attached hydrogen (secondary N) is 1. The Bertz CT molecular complexity index is 368. The SMILES string of the molecule is Cc1cc(F)ccc1NCC(N)C(N)=O. The van der Waals surface area contributed by atoms with E-state index < -0.39 is 11.9 Å². The monoisotopic (exact) mass is 211 g/mol. The van der Waals surface area contributed by atoms with Gasteiger partial charge in [-0.3, -0.25) is 4.79 Å². The average Bonchev–Trinajstić information content (AvgIpc) is 2.15. The first-order valence-corrected chi connectivity index (χ1v) is 4.55. The van der Waals surface area contributed by atoms with Crippen molar-refractivity contribution in [2.45, 2.75) is 13.0 Å². The zero-order valence-electron chi connectivity index (χ0n) is 8.46. The first-order valence-electron chi connectivity index (χ1n) is 4.55. The molecule has 15 heavy (non-hydrogen) atoms. The summed E-state index contributed by atoms with van der Waals surface area (Å²) < 4.78 is 12.7. The lowest BCUT2D eigenvalue weighted by Gasteiger charge is -2.12. The second kappa shape index (κ2) is 4.75. The fourth-order valence-electron chi connectivity index (χ4n) is 1.15. The van der Waals surface area contributed by atoms with Crippen molar-refractivity contribution < 1.29 is 9.18 Å². The standard InChI is InChI=1S/C10H14FN3O/c1-6-4-7(11)2-3-9(6)14-5-8(12)10(13)15/h2-4,8,14H,5,12H2,1H3,(H2,13,15). The van der Waals surface area contributed by atoms with Crippen LogP contribution < -0.4 is 16.8 Å². The Balaban J connectivity index is 2.62.